The van der Waals surface area contributed by atoms with Crippen molar-refractivity contribution in [2.45, 2.75) is 25.4 Å². The zero-order valence-corrected chi connectivity index (χ0v) is 17.3. The van der Waals surface area contributed by atoms with Gasteiger partial charge in [0.15, 0.2) is 5.11 Å². The Kier molecular flexibility index (Phi) is 7.57. The van der Waals surface area contributed by atoms with Gasteiger partial charge in [0.25, 0.3) is 5.91 Å². The van der Waals surface area contributed by atoms with Gasteiger partial charge in [-0.1, -0.05) is 29.8 Å². The van der Waals surface area contributed by atoms with Crippen molar-refractivity contribution in [2.75, 3.05) is 18.5 Å². The van der Waals surface area contributed by atoms with Crippen LogP contribution in [0.15, 0.2) is 48.5 Å². The monoisotopic (exact) mass is 431 g/mol. The smallest absolute Gasteiger partial charge is 0.251 e. The zero-order valence-electron chi connectivity index (χ0n) is 15.7. The summed E-state index contributed by atoms with van der Waals surface area (Å²) >= 11 is 11.0. The highest BCUT2D eigenvalue weighted by Crippen LogP contribution is 2.13. The number of thiocarbonyl (C=S) groups is 1. The van der Waals surface area contributed by atoms with Crippen LogP contribution in [0.25, 0.3) is 0 Å². The zero-order chi connectivity index (χ0) is 20.6. The largest absolute Gasteiger partial charge is 0.376 e. The molecule has 1 fully saturated rings. The predicted molar refractivity (Wildman–Crippen MR) is 117 cm³/mol. The van der Waals surface area contributed by atoms with Gasteiger partial charge in [-0.15, -0.1) is 0 Å². The third-order valence-electron chi connectivity index (χ3n) is 4.43. The lowest BCUT2D eigenvalue weighted by atomic mass is 10.1. The summed E-state index contributed by atoms with van der Waals surface area (Å²) in [5, 5.41) is 9.23. The third kappa shape index (κ3) is 6.81. The van der Waals surface area contributed by atoms with Crippen LogP contribution in [0.4, 0.5) is 5.69 Å². The van der Waals surface area contributed by atoms with Crippen molar-refractivity contribution in [3.8, 4) is 0 Å². The van der Waals surface area contributed by atoms with E-state index in [1.54, 1.807) is 48.5 Å². The predicted octanol–water partition coefficient (Wildman–Crippen LogP) is 3.30. The maximum absolute atomic E-state index is 12.3. The van der Waals surface area contributed by atoms with Crippen LogP contribution in [0.1, 0.15) is 28.8 Å². The van der Waals surface area contributed by atoms with Crippen LogP contribution in [-0.2, 0) is 16.0 Å². The summed E-state index contributed by atoms with van der Waals surface area (Å²) in [5.74, 6) is -0.419. The molecule has 0 spiro atoms. The van der Waals surface area contributed by atoms with Gasteiger partial charge >= 0.3 is 0 Å². The molecular weight excluding hydrogens is 410 g/mol. The van der Waals surface area contributed by atoms with Crippen LogP contribution in [-0.4, -0.2) is 36.2 Å². The van der Waals surface area contributed by atoms with Crippen molar-refractivity contribution < 1.29 is 14.3 Å². The van der Waals surface area contributed by atoms with Crippen LogP contribution < -0.4 is 16.0 Å². The SMILES string of the molecule is O=C(Cc1ccc(Cl)cc1)NC(=S)Nc1cccc(C(=O)NCC2CCCO2)c1. The number of hydrogen-bond donors (Lipinski definition) is 3. The standard InChI is InChI=1S/C21H22ClN3O3S/c22-16-8-6-14(7-9-16)11-19(26)25-21(29)24-17-4-1-3-15(12-17)20(27)23-13-18-5-2-10-28-18/h1,3-4,6-9,12,18H,2,5,10-11,13H2,(H,23,27)(H2,24,25,26,29). The molecule has 1 unspecified atom stereocenters. The number of halogens is 1. The first-order valence-electron chi connectivity index (χ1n) is 9.35. The molecule has 3 N–H and O–H groups in total. The van der Waals surface area contributed by atoms with E-state index in [4.69, 9.17) is 28.6 Å². The van der Waals surface area contributed by atoms with E-state index in [0.29, 0.717) is 22.8 Å². The molecule has 1 aliphatic heterocycles. The number of ether oxygens (including phenoxy) is 1. The maximum Gasteiger partial charge on any atom is 0.251 e. The second-order valence-corrected chi connectivity index (χ2v) is 7.58. The fourth-order valence-electron chi connectivity index (χ4n) is 2.97. The third-order valence-corrected chi connectivity index (χ3v) is 4.88. The van der Waals surface area contributed by atoms with Gasteiger partial charge in [0.1, 0.15) is 0 Å². The van der Waals surface area contributed by atoms with Crippen molar-refractivity contribution in [2.24, 2.45) is 0 Å². The van der Waals surface area contributed by atoms with Crippen molar-refractivity contribution in [1.82, 2.24) is 10.6 Å². The van der Waals surface area contributed by atoms with E-state index in [9.17, 15) is 9.59 Å². The molecule has 1 aliphatic rings. The summed E-state index contributed by atoms with van der Waals surface area (Å²) in [7, 11) is 0. The summed E-state index contributed by atoms with van der Waals surface area (Å²) in [6.45, 7) is 1.25. The summed E-state index contributed by atoms with van der Waals surface area (Å²) in [6.07, 6.45) is 2.26. The van der Waals surface area contributed by atoms with E-state index >= 15 is 0 Å². The molecule has 2 aromatic rings. The van der Waals surface area contributed by atoms with E-state index in [-0.39, 0.29) is 29.5 Å². The van der Waals surface area contributed by atoms with Crippen LogP contribution >= 0.6 is 23.8 Å². The summed E-state index contributed by atoms with van der Waals surface area (Å²) in [6, 6.07) is 14.0. The minimum Gasteiger partial charge on any atom is -0.376 e. The Morgan fingerprint density at radius 2 is 1.97 bits per heavy atom. The summed E-state index contributed by atoms with van der Waals surface area (Å²) < 4.78 is 5.51. The molecule has 2 amide bonds. The first-order valence-corrected chi connectivity index (χ1v) is 10.1. The number of carbonyl (C=O) groups excluding carboxylic acids is 2. The highest BCUT2D eigenvalue weighted by atomic mass is 35.5. The van der Waals surface area contributed by atoms with Gasteiger partial charge in [-0.2, -0.15) is 0 Å². The van der Waals surface area contributed by atoms with E-state index < -0.39 is 0 Å². The number of benzene rings is 2. The Bertz CT molecular complexity index is 883. The van der Waals surface area contributed by atoms with Crippen LogP contribution in [0, 0.1) is 0 Å². The first kappa shape index (κ1) is 21.2. The van der Waals surface area contributed by atoms with Crippen LogP contribution in [0.5, 0.6) is 0 Å². The summed E-state index contributed by atoms with van der Waals surface area (Å²) in [5.41, 5.74) is 1.95. The minimum absolute atomic E-state index is 0.0867. The number of anilines is 1. The van der Waals surface area contributed by atoms with Gasteiger partial charge in [0, 0.05) is 29.4 Å². The molecule has 1 saturated heterocycles. The molecule has 152 valence electrons. The number of carbonyl (C=O) groups is 2. The normalized spacial score (nSPS) is 15.6. The van der Waals surface area contributed by atoms with E-state index in [0.717, 1.165) is 25.0 Å². The van der Waals surface area contributed by atoms with Gasteiger partial charge in [-0.3, -0.25) is 9.59 Å². The molecule has 8 heteroatoms. The van der Waals surface area contributed by atoms with E-state index in [1.807, 2.05) is 0 Å². The Hall–Kier alpha value is -2.48. The molecular formula is C21H22ClN3O3S. The van der Waals surface area contributed by atoms with Gasteiger partial charge in [0.2, 0.25) is 5.91 Å². The molecule has 0 radical (unpaired) electrons. The molecule has 0 aliphatic carbocycles. The number of amides is 2. The average molecular weight is 432 g/mol. The topological polar surface area (TPSA) is 79.5 Å². The number of rotatable bonds is 6. The quantitative estimate of drug-likeness (QED) is 0.611. The second-order valence-electron chi connectivity index (χ2n) is 6.73. The first-order chi connectivity index (χ1) is 14.0. The molecule has 2 aromatic carbocycles. The van der Waals surface area contributed by atoms with Gasteiger partial charge in [0.05, 0.1) is 12.5 Å². The Morgan fingerprint density at radius 3 is 2.69 bits per heavy atom. The van der Waals surface area contributed by atoms with E-state index in [1.165, 1.54) is 0 Å². The maximum atomic E-state index is 12.3. The number of nitrogens with one attached hydrogen (secondary N) is 3. The van der Waals surface area contributed by atoms with E-state index in [2.05, 4.69) is 16.0 Å². The Labute approximate surface area is 180 Å². The molecule has 29 heavy (non-hydrogen) atoms. The molecule has 1 heterocycles. The van der Waals surface area contributed by atoms with Gasteiger partial charge in [-0.25, -0.2) is 0 Å². The second kappa shape index (κ2) is 10.3. The van der Waals surface area contributed by atoms with Crippen molar-refractivity contribution >= 4 is 46.4 Å². The highest BCUT2D eigenvalue weighted by Gasteiger charge is 2.17. The lowest BCUT2D eigenvalue weighted by Gasteiger charge is -2.12. The number of hydrogen-bond acceptors (Lipinski definition) is 4. The molecule has 6 nitrogen and oxygen atoms in total. The lowest BCUT2D eigenvalue weighted by molar-refractivity contribution is -0.119. The fraction of sp³-hybridized carbons (Fsp3) is 0.286. The van der Waals surface area contributed by atoms with Crippen LogP contribution in [0.2, 0.25) is 5.02 Å². The molecule has 1 atom stereocenters. The average Bonchev–Trinajstić information content (AvgIpc) is 3.21. The van der Waals surface area contributed by atoms with Gasteiger partial charge < -0.3 is 20.7 Å². The van der Waals surface area contributed by atoms with Crippen molar-refractivity contribution in [3.05, 3.63) is 64.7 Å². The minimum atomic E-state index is -0.240. The van der Waals surface area contributed by atoms with Crippen molar-refractivity contribution in [3.63, 3.8) is 0 Å². The van der Waals surface area contributed by atoms with Crippen LogP contribution in [0.3, 0.4) is 0 Å². The van der Waals surface area contributed by atoms with Crippen molar-refractivity contribution in [1.29, 1.82) is 0 Å². The summed E-state index contributed by atoms with van der Waals surface area (Å²) in [4.78, 5) is 24.5. The molecule has 0 bridgehead atoms. The molecule has 3 rings (SSSR count). The Balaban J connectivity index is 1.49. The molecule has 0 saturated carbocycles. The Morgan fingerprint density at radius 1 is 1.17 bits per heavy atom. The molecule has 0 aromatic heterocycles. The van der Waals surface area contributed by atoms with Gasteiger partial charge in [-0.05, 0) is 61.0 Å². The highest BCUT2D eigenvalue weighted by molar-refractivity contribution is 7.80. The fourth-order valence-corrected chi connectivity index (χ4v) is 3.33. The lowest BCUT2D eigenvalue weighted by Crippen LogP contribution is -2.35.